The van der Waals surface area contributed by atoms with Crippen LogP contribution in [0, 0.1) is 24.5 Å². The number of nitrogens with zero attached hydrogens (tertiary/aromatic N) is 8. The molecule has 8 heteroatoms. The molecule has 0 atom stereocenters. The third-order valence-corrected chi connectivity index (χ3v) is 21.1. The summed E-state index contributed by atoms with van der Waals surface area (Å²) in [5, 5.41) is 20.7. The zero-order valence-electron chi connectivity index (χ0n) is 58.4. The molecule has 502 valence electrons. The molecule has 0 radical (unpaired) electrons. The smallest absolute Gasteiger partial charge is 0.187 e. The van der Waals surface area contributed by atoms with Gasteiger partial charge < -0.3 is 18.9 Å². The van der Waals surface area contributed by atoms with Crippen LogP contribution in [0.3, 0.4) is 0 Å². The van der Waals surface area contributed by atoms with E-state index in [0.717, 1.165) is 78.4 Å². The first-order valence-electron chi connectivity index (χ1n) is 36.0. The molecular weight excluding hydrogens is 1310 g/mol. The highest BCUT2D eigenvalue weighted by atomic mass is 15.1. The van der Waals surface area contributed by atoms with Crippen LogP contribution in [0.2, 0.25) is 0 Å². The predicted octanol–water partition coefficient (Wildman–Crippen LogP) is 27.5. The normalized spacial score (nSPS) is 11.3. The Labute approximate surface area is 624 Å². The van der Waals surface area contributed by atoms with Crippen molar-refractivity contribution >= 4 is 122 Å². The van der Waals surface area contributed by atoms with Crippen molar-refractivity contribution in [1.29, 1.82) is 5.26 Å². The van der Waals surface area contributed by atoms with Gasteiger partial charge in [-0.05, 0) is 211 Å². The monoisotopic (exact) mass is 1370 g/mol. The topological polar surface area (TPSA) is 61.7 Å². The fourth-order valence-electron chi connectivity index (χ4n) is 15.9. The van der Waals surface area contributed by atoms with Gasteiger partial charge in [0.25, 0.3) is 0 Å². The number of benzene rings is 17. The van der Waals surface area contributed by atoms with Crippen LogP contribution in [0.15, 0.2) is 376 Å². The van der Waals surface area contributed by atoms with E-state index in [1.165, 1.54) is 98.8 Å². The van der Waals surface area contributed by atoms with Crippen LogP contribution in [-0.4, -0.2) is 14.1 Å². The van der Waals surface area contributed by atoms with Crippen LogP contribution in [0.25, 0.3) is 153 Å². The number of nitriles is 1. The molecule has 0 unspecified atom stereocenters. The lowest BCUT2D eigenvalue weighted by atomic mass is 9.93. The second-order valence-electron chi connectivity index (χ2n) is 27.1. The SMILES string of the molecule is [C-]#[N+]c1ccc(N(c2ccc(-c3ccc(-c4ccc5c6c4ccc4cccc(c46)n5-c4ccccc4)cc3)cc2)c2ccc(-c3cccc4cccnc34)cc2)cc1.[C-]#[N+]c1ccc(N(c2ccc(C#N)cc2)c2ccc(-c3ccc(-c4ccc5c6c4ccc4cccc(c46)n5-c4ccccc4)cc3)cc2)cc1. The average molecular weight is 1380 g/mol. The van der Waals surface area contributed by atoms with E-state index in [9.17, 15) is 5.26 Å². The summed E-state index contributed by atoms with van der Waals surface area (Å²) in [4.78, 5) is 16.2. The molecular formula is C100H62N8. The highest BCUT2D eigenvalue weighted by Crippen LogP contribution is 2.47. The molecule has 3 heterocycles. The number of rotatable bonds is 13. The summed E-state index contributed by atoms with van der Waals surface area (Å²) in [7, 11) is 0. The first-order chi connectivity index (χ1) is 53.4. The second-order valence-corrected chi connectivity index (χ2v) is 27.1. The van der Waals surface area contributed by atoms with E-state index >= 15 is 0 Å². The van der Waals surface area contributed by atoms with Gasteiger partial charge in [-0.25, -0.2) is 9.69 Å². The summed E-state index contributed by atoms with van der Waals surface area (Å²) in [6.07, 6.45) is 1.85. The number of anilines is 6. The van der Waals surface area contributed by atoms with Gasteiger partial charge in [0.2, 0.25) is 0 Å². The maximum absolute atomic E-state index is 9.33. The highest BCUT2D eigenvalue weighted by Gasteiger charge is 2.23. The average Bonchev–Trinajstić information content (AvgIpc) is 1.56. The van der Waals surface area contributed by atoms with Gasteiger partial charge in [0.15, 0.2) is 11.4 Å². The number of pyridine rings is 1. The molecule has 0 aliphatic rings. The van der Waals surface area contributed by atoms with Crippen LogP contribution < -0.4 is 9.80 Å². The standard InChI is InChI=1S/C54H34N4.C46H28N4/c1-55-42-24-30-46(31-25-42)57(45-28-21-39(22-29-45)48-13-5-9-41-10-7-35-56-54(41)48)44-26-19-37(20-27-44)36-15-17-38(18-16-36)47-33-34-51-53-49(47)32-23-40-8-6-14-50(52(40)53)58(51)43-11-3-2-4-12-43;1-48-36-19-25-40(26-20-36)49(38-21-10-31(30-47)11-22-38)39-23-16-33(17-24-39)32-12-14-34(15-13-32)41-28-29-44-46-42(41)27-18-35-6-5-9-43(45(35)46)50(44)37-7-3-2-4-8-37/h2-35H;2-29H. The van der Waals surface area contributed by atoms with Crippen LogP contribution in [0.1, 0.15) is 5.56 Å². The summed E-state index contributed by atoms with van der Waals surface area (Å²) in [5.41, 5.74) is 27.6. The molecule has 0 saturated carbocycles. The van der Waals surface area contributed by atoms with Gasteiger partial charge in [-0.3, -0.25) is 4.98 Å². The van der Waals surface area contributed by atoms with Crippen LogP contribution in [-0.2, 0) is 0 Å². The van der Waals surface area contributed by atoms with Gasteiger partial charge in [-0.2, -0.15) is 5.26 Å². The van der Waals surface area contributed by atoms with E-state index in [4.69, 9.17) is 13.1 Å². The molecule has 0 spiro atoms. The van der Waals surface area contributed by atoms with Crippen LogP contribution in [0.5, 0.6) is 0 Å². The van der Waals surface area contributed by atoms with Crippen molar-refractivity contribution in [1.82, 2.24) is 14.1 Å². The molecule has 0 saturated heterocycles. The van der Waals surface area contributed by atoms with Crippen LogP contribution >= 0.6 is 0 Å². The fraction of sp³-hybridized carbons (Fsp3) is 0. The van der Waals surface area contributed by atoms with Gasteiger partial charge in [0, 0.05) is 84.2 Å². The lowest BCUT2D eigenvalue weighted by Gasteiger charge is -2.26. The zero-order chi connectivity index (χ0) is 72.2. The maximum atomic E-state index is 9.33. The summed E-state index contributed by atoms with van der Waals surface area (Å²) in [6, 6.07) is 132. The molecule has 8 nitrogen and oxygen atoms in total. The van der Waals surface area contributed by atoms with E-state index < -0.39 is 0 Å². The molecule has 0 amide bonds. The first-order valence-corrected chi connectivity index (χ1v) is 36.0. The van der Waals surface area contributed by atoms with Crippen molar-refractivity contribution in [3.63, 3.8) is 0 Å². The van der Waals surface area contributed by atoms with Gasteiger partial charge >= 0.3 is 0 Å². The summed E-state index contributed by atoms with van der Waals surface area (Å²) < 4.78 is 4.77. The lowest BCUT2D eigenvalue weighted by molar-refractivity contribution is 1.18. The van der Waals surface area contributed by atoms with Gasteiger partial charge in [0.05, 0.1) is 52.4 Å². The van der Waals surface area contributed by atoms with Gasteiger partial charge in [-0.1, -0.05) is 231 Å². The minimum atomic E-state index is 0.594. The number of fused-ring (bicyclic) bond motifs is 1. The maximum Gasteiger partial charge on any atom is 0.187 e. The van der Waals surface area contributed by atoms with E-state index in [1.54, 1.807) is 0 Å². The molecule has 20 rings (SSSR count). The molecule has 0 N–H and O–H groups in total. The van der Waals surface area contributed by atoms with Crippen molar-refractivity contribution in [3.8, 4) is 73.1 Å². The van der Waals surface area contributed by atoms with Crippen LogP contribution in [0.4, 0.5) is 45.5 Å². The highest BCUT2D eigenvalue weighted by molar-refractivity contribution is 6.28. The van der Waals surface area contributed by atoms with E-state index in [1.807, 2.05) is 85.1 Å². The van der Waals surface area contributed by atoms with Crippen molar-refractivity contribution in [2.75, 3.05) is 9.80 Å². The van der Waals surface area contributed by atoms with E-state index in [-0.39, 0.29) is 0 Å². The Balaban J connectivity index is 0.000000149. The molecule has 17 aromatic carbocycles. The molecule has 108 heavy (non-hydrogen) atoms. The second kappa shape index (κ2) is 26.9. The third kappa shape index (κ3) is 11.2. The quantitative estimate of drug-likeness (QED) is 0.0852. The Bertz CT molecular complexity index is 6810. The van der Waals surface area contributed by atoms with E-state index in [0.29, 0.717) is 16.9 Å². The molecule has 20 aromatic rings. The lowest BCUT2D eigenvalue weighted by Crippen LogP contribution is -2.09. The Morgan fingerprint density at radius 3 is 1.04 bits per heavy atom. The molecule has 3 aromatic heterocycles. The van der Waals surface area contributed by atoms with Crippen molar-refractivity contribution < 1.29 is 0 Å². The first kappa shape index (κ1) is 63.8. The minimum absolute atomic E-state index is 0.594. The third-order valence-electron chi connectivity index (χ3n) is 21.1. The summed E-state index contributed by atoms with van der Waals surface area (Å²) in [6.45, 7) is 14.8. The largest absolute Gasteiger partial charge is 0.311 e. The number of hydrogen-bond donors (Lipinski definition) is 0. The summed E-state index contributed by atoms with van der Waals surface area (Å²) >= 11 is 0. The Morgan fingerprint density at radius 1 is 0.278 bits per heavy atom. The molecule has 0 aliphatic carbocycles. The van der Waals surface area contributed by atoms with Crippen molar-refractivity contribution in [2.45, 2.75) is 0 Å². The van der Waals surface area contributed by atoms with E-state index in [2.05, 4.69) is 331 Å². The number of para-hydroxylation sites is 3. The van der Waals surface area contributed by atoms with Crippen molar-refractivity contribution in [2.24, 2.45) is 0 Å². The Hall–Kier alpha value is -15.1. The van der Waals surface area contributed by atoms with Gasteiger partial charge in [0.1, 0.15) is 0 Å². The fourth-order valence-corrected chi connectivity index (χ4v) is 15.9. The Kier molecular flexibility index (Phi) is 15.9. The molecule has 0 aliphatic heterocycles. The summed E-state index contributed by atoms with van der Waals surface area (Å²) in [5.74, 6) is 0. The molecule has 0 fully saturated rings. The van der Waals surface area contributed by atoms with Crippen molar-refractivity contribution in [3.05, 3.63) is 405 Å². The molecule has 0 bridgehead atoms. The minimum Gasteiger partial charge on any atom is -0.311 e. The van der Waals surface area contributed by atoms with Gasteiger partial charge in [-0.15, -0.1) is 0 Å². The number of hydrogen-bond acceptors (Lipinski definition) is 4. The Morgan fingerprint density at radius 2 is 0.620 bits per heavy atom. The number of aromatic nitrogens is 3. The predicted molar refractivity (Wildman–Crippen MR) is 448 cm³/mol. The zero-order valence-corrected chi connectivity index (χ0v) is 58.4.